The van der Waals surface area contributed by atoms with E-state index in [1.807, 2.05) is 18.2 Å². The molecule has 0 N–H and O–H groups in total. The average Bonchev–Trinajstić information content (AvgIpc) is 2.68. The topological polar surface area (TPSA) is 18.5 Å². The predicted molar refractivity (Wildman–Crippen MR) is 79.5 cm³/mol. The Kier molecular flexibility index (Phi) is 2.96. The average molecular weight is 268 g/mol. The van der Waals surface area contributed by atoms with Gasteiger partial charge in [0.1, 0.15) is 0 Å². The fourth-order valence-electron chi connectivity index (χ4n) is 3.10. The first-order valence-corrected chi connectivity index (χ1v) is 6.92. The van der Waals surface area contributed by atoms with Crippen molar-refractivity contribution in [2.24, 2.45) is 0 Å². The molecule has 0 fully saturated rings. The summed E-state index contributed by atoms with van der Waals surface area (Å²) in [6.45, 7) is 6.25. The number of ether oxygens (including phenoxy) is 2. The van der Waals surface area contributed by atoms with Gasteiger partial charge in [-0.3, -0.25) is 0 Å². The summed E-state index contributed by atoms with van der Waals surface area (Å²) in [4.78, 5) is 0. The predicted octanol–water partition coefficient (Wildman–Crippen LogP) is 4.11. The molecule has 104 valence electrons. The van der Waals surface area contributed by atoms with E-state index in [1.165, 1.54) is 11.1 Å². The monoisotopic (exact) mass is 268 g/mol. The molecule has 0 bridgehead atoms. The van der Waals surface area contributed by atoms with Crippen LogP contribution in [-0.4, -0.2) is 7.11 Å². The van der Waals surface area contributed by atoms with Crippen LogP contribution in [0.3, 0.4) is 0 Å². The number of benzene rings is 2. The quantitative estimate of drug-likeness (QED) is 0.816. The van der Waals surface area contributed by atoms with Crippen LogP contribution < -0.4 is 0 Å². The zero-order valence-electron chi connectivity index (χ0n) is 12.4. The van der Waals surface area contributed by atoms with Crippen molar-refractivity contribution in [2.45, 2.75) is 32.2 Å². The Balaban J connectivity index is 2.26. The van der Waals surface area contributed by atoms with Gasteiger partial charge in [-0.25, -0.2) is 0 Å². The van der Waals surface area contributed by atoms with Gasteiger partial charge < -0.3 is 9.47 Å². The van der Waals surface area contributed by atoms with Crippen molar-refractivity contribution in [1.82, 2.24) is 0 Å². The van der Waals surface area contributed by atoms with Gasteiger partial charge in [0.2, 0.25) is 5.79 Å². The zero-order valence-corrected chi connectivity index (χ0v) is 12.4. The van der Waals surface area contributed by atoms with Gasteiger partial charge in [-0.2, -0.15) is 0 Å². The fraction of sp³-hybridized carbons (Fsp3) is 0.333. The summed E-state index contributed by atoms with van der Waals surface area (Å²) in [6, 6.07) is 16.6. The number of rotatable bonds is 2. The van der Waals surface area contributed by atoms with Crippen LogP contribution in [0.25, 0.3) is 0 Å². The Labute approximate surface area is 120 Å². The lowest BCUT2D eigenvalue weighted by molar-refractivity contribution is -0.238. The van der Waals surface area contributed by atoms with Gasteiger partial charge in [-0.05, 0) is 26.3 Å². The molecule has 3 rings (SSSR count). The molecule has 0 aliphatic carbocycles. The van der Waals surface area contributed by atoms with Crippen LogP contribution in [0.5, 0.6) is 0 Å². The standard InChI is InChI=1S/C18H20O2/c1-13-8-7-9-14(12-13)18(19-4)16-11-6-5-10-15(16)17(2,3)20-18/h5-12H,1-4H3. The minimum absolute atomic E-state index is 0.365. The van der Waals surface area contributed by atoms with Crippen LogP contribution in [0.1, 0.15) is 36.1 Å². The van der Waals surface area contributed by atoms with E-state index in [4.69, 9.17) is 9.47 Å². The molecular weight excluding hydrogens is 248 g/mol. The number of fused-ring (bicyclic) bond motifs is 1. The van der Waals surface area contributed by atoms with Crippen molar-refractivity contribution >= 4 is 0 Å². The normalized spacial score (nSPS) is 23.6. The van der Waals surface area contributed by atoms with Crippen molar-refractivity contribution in [3.8, 4) is 0 Å². The van der Waals surface area contributed by atoms with Crippen molar-refractivity contribution in [3.05, 3.63) is 70.8 Å². The van der Waals surface area contributed by atoms with Gasteiger partial charge in [-0.1, -0.05) is 54.1 Å². The smallest absolute Gasteiger partial charge is 0.223 e. The highest BCUT2D eigenvalue weighted by molar-refractivity contribution is 5.46. The molecule has 0 spiro atoms. The molecule has 1 heterocycles. The number of hydrogen-bond acceptors (Lipinski definition) is 2. The zero-order chi connectivity index (χ0) is 14.4. The highest BCUT2D eigenvalue weighted by Gasteiger charge is 2.50. The van der Waals surface area contributed by atoms with Crippen molar-refractivity contribution in [2.75, 3.05) is 7.11 Å². The van der Waals surface area contributed by atoms with Crippen molar-refractivity contribution in [3.63, 3.8) is 0 Å². The molecule has 0 saturated heterocycles. The summed E-state index contributed by atoms with van der Waals surface area (Å²) in [5.41, 5.74) is 4.15. The second kappa shape index (κ2) is 4.44. The molecule has 1 aliphatic heterocycles. The Morgan fingerprint density at radius 1 is 0.950 bits per heavy atom. The van der Waals surface area contributed by atoms with E-state index in [0.29, 0.717) is 0 Å². The first-order chi connectivity index (χ1) is 9.49. The first-order valence-electron chi connectivity index (χ1n) is 6.92. The SMILES string of the molecule is COC1(c2cccc(C)c2)OC(C)(C)c2ccccc21. The first kappa shape index (κ1) is 13.3. The van der Waals surface area contributed by atoms with Gasteiger partial charge in [-0.15, -0.1) is 0 Å². The van der Waals surface area contributed by atoms with Gasteiger partial charge in [0.15, 0.2) is 0 Å². The summed E-state index contributed by atoms with van der Waals surface area (Å²) >= 11 is 0. The van der Waals surface area contributed by atoms with Gasteiger partial charge >= 0.3 is 0 Å². The molecule has 0 aromatic heterocycles. The number of aryl methyl sites for hydroxylation is 1. The van der Waals surface area contributed by atoms with E-state index in [-0.39, 0.29) is 5.60 Å². The van der Waals surface area contributed by atoms with Crippen LogP contribution in [0.15, 0.2) is 48.5 Å². The van der Waals surface area contributed by atoms with Crippen LogP contribution in [0.2, 0.25) is 0 Å². The minimum Gasteiger partial charge on any atom is -0.346 e. The highest BCUT2D eigenvalue weighted by atomic mass is 16.7. The maximum absolute atomic E-state index is 6.37. The largest absolute Gasteiger partial charge is 0.346 e. The van der Waals surface area contributed by atoms with Gasteiger partial charge in [0, 0.05) is 18.2 Å². The minimum atomic E-state index is -0.813. The van der Waals surface area contributed by atoms with Crippen molar-refractivity contribution in [1.29, 1.82) is 0 Å². The Bertz CT molecular complexity index is 645. The third-order valence-corrected chi connectivity index (χ3v) is 4.01. The van der Waals surface area contributed by atoms with E-state index in [1.54, 1.807) is 7.11 Å². The fourth-order valence-corrected chi connectivity index (χ4v) is 3.10. The van der Waals surface area contributed by atoms with Crippen molar-refractivity contribution < 1.29 is 9.47 Å². The molecule has 2 aromatic rings. The Morgan fingerprint density at radius 2 is 1.65 bits per heavy atom. The lowest BCUT2D eigenvalue weighted by Gasteiger charge is -2.31. The maximum atomic E-state index is 6.37. The summed E-state index contributed by atoms with van der Waals surface area (Å²) in [7, 11) is 1.71. The molecule has 20 heavy (non-hydrogen) atoms. The molecule has 1 aliphatic rings. The van der Waals surface area contributed by atoms with Crippen LogP contribution in [0, 0.1) is 6.92 Å². The second-order valence-electron chi connectivity index (χ2n) is 5.85. The molecule has 2 nitrogen and oxygen atoms in total. The summed E-state index contributed by atoms with van der Waals surface area (Å²) in [6.07, 6.45) is 0. The van der Waals surface area contributed by atoms with Crippen LogP contribution >= 0.6 is 0 Å². The van der Waals surface area contributed by atoms with E-state index < -0.39 is 5.79 Å². The van der Waals surface area contributed by atoms with E-state index in [2.05, 4.69) is 51.1 Å². The molecule has 0 radical (unpaired) electrons. The van der Waals surface area contributed by atoms with E-state index >= 15 is 0 Å². The third-order valence-electron chi connectivity index (χ3n) is 4.01. The molecule has 1 unspecified atom stereocenters. The molecule has 2 aromatic carbocycles. The Hall–Kier alpha value is -1.64. The van der Waals surface area contributed by atoms with Gasteiger partial charge in [0.05, 0.1) is 5.60 Å². The summed E-state index contributed by atoms with van der Waals surface area (Å²) in [5.74, 6) is -0.813. The molecule has 1 atom stereocenters. The number of hydrogen-bond donors (Lipinski definition) is 0. The third kappa shape index (κ3) is 1.80. The second-order valence-corrected chi connectivity index (χ2v) is 5.85. The maximum Gasteiger partial charge on any atom is 0.223 e. The highest BCUT2D eigenvalue weighted by Crippen LogP contribution is 2.50. The lowest BCUT2D eigenvalue weighted by Crippen LogP contribution is -2.32. The number of methoxy groups -OCH3 is 1. The van der Waals surface area contributed by atoms with Gasteiger partial charge in [0.25, 0.3) is 0 Å². The summed E-state index contributed by atoms with van der Waals surface area (Å²) in [5, 5.41) is 0. The lowest BCUT2D eigenvalue weighted by atomic mass is 9.90. The van der Waals surface area contributed by atoms with Crippen LogP contribution in [-0.2, 0) is 20.9 Å². The molecule has 0 amide bonds. The van der Waals surface area contributed by atoms with Crippen LogP contribution in [0.4, 0.5) is 0 Å². The Morgan fingerprint density at radius 3 is 2.30 bits per heavy atom. The molecule has 0 saturated carbocycles. The molecule has 2 heteroatoms. The van der Waals surface area contributed by atoms with E-state index in [0.717, 1.165) is 11.1 Å². The molecular formula is C18H20O2. The van der Waals surface area contributed by atoms with E-state index in [9.17, 15) is 0 Å². The summed E-state index contributed by atoms with van der Waals surface area (Å²) < 4.78 is 12.3.